The molecule has 0 spiro atoms. The van der Waals surface area contributed by atoms with E-state index < -0.39 is 5.91 Å². The van der Waals surface area contributed by atoms with E-state index in [1.54, 1.807) is 18.3 Å². The van der Waals surface area contributed by atoms with Crippen molar-refractivity contribution in [3.63, 3.8) is 0 Å². The number of anilines is 1. The number of carbonyl (C=O) groups excluding carboxylic acids is 1. The van der Waals surface area contributed by atoms with Crippen molar-refractivity contribution in [1.82, 2.24) is 5.43 Å². The van der Waals surface area contributed by atoms with Crippen LogP contribution in [0.3, 0.4) is 0 Å². The third kappa shape index (κ3) is 8.49. The highest BCUT2D eigenvalue weighted by molar-refractivity contribution is 5.96. The maximum Gasteiger partial charge on any atom is 0.271 e. The van der Waals surface area contributed by atoms with Crippen molar-refractivity contribution in [3.05, 3.63) is 155 Å². The van der Waals surface area contributed by atoms with Crippen LogP contribution in [0, 0.1) is 0 Å². The van der Waals surface area contributed by atoms with E-state index in [0.29, 0.717) is 29.4 Å². The van der Waals surface area contributed by atoms with Crippen LogP contribution >= 0.6 is 0 Å². The second-order valence-electron chi connectivity index (χ2n) is 10.3. The first-order valence-corrected chi connectivity index (χ1v) is 14.3. The summed E-state index contributed by atoms with van der Waals surface area (Å²) in [6, 6.07) is 40.7. The lowest BCUT2D eigenvalue weighted by atomic mass is 10.1. The molecule has 0 atom stereocenters. The first-order chi connectivity index (χ1) is 21.5. The summed E-state index contributed by atoms with van der Waals surface area (Å²) in [6.45, 7) is 0.867. The SMILES string of the molecule is CN(C)c1ccc(C=NNC(=O)c2cc(OCc3ccccc3)c(OCc3ccccc3)c(OCc3ccccc3)c2)cc1. The van der Waals surface area contributed by atoms with Gasteiger partial charge in [-0.1, -0.05) is 103 Å². The number of rotatable bonds is 13. The van der Waals surface area contributed by atoms with E-state index in [2.05, 4.69) is 10.5 Å². The molecule has 1 N–H and O–H groups in total. The van der Waals surface area contributed by atoms with Crippen molar-refractivity contribution in [3.8, 4) is 17.2 Å². The Hall–Kier alpha value is -5.56. The predicted molar refractivity (Wildman–Crippen MR) is 175 cm³/mol. The summed E-state index contributed by atoms with van der Waals surface area (Å²) in [7, 11) is 3.97. The van der Waals surface area contributed by atoms with Gasteiger partial charge in [-0.2, -0.15) is 5.10 Å². The normalized spacial score (nSPS) is 10.8. The van der Waals surface area contributed by atoms with Gasteiger partial charge in [-0.05, 0) is 46.5 Å². The van der Waals surface area contributed by atoms with Gasteiger partial charge in [0.05, 0.1) is 6.21 Å². The average Bonchev–Trinajstić information content (AvgIpc) is 3.07. The zero-order valence-electron chi connectivity index (χ0n) is 24.9. The molecule has 0 bridgehead atoms. The highest BCUT2D eigenvalue weighted by Gasteiger charge is 2.20. The van der Waals surface area contributed by atoms with Gasteiger partial charge in [-0.25, -0.2) is 5.43 Å². The molecule has 5 aromatic carbocycles. The lowest BCUT2D eigenvalue weighted by molar-refractivity contribution is 0.0953. The first kappa shape index (κ1) is 29.9. The average molecular weight is 586 g/mol. The van der Waals surface area contributed by atoms with Crippen molar-refractivity contribution in [2.24, 2.45) is 5.10 Å². The minimum absolute atomic E-state index is 0.285. The molecule has 0 aliphatic heterocycles. The fraction of sp³-hybridized carbons (Fsp3) is 0.135. The molecule has 1 amide bonds. The van der Waals surface area contributed by atoms with Gasteiger partial charge in [0, 0.05) is 25.3 Å². The molecule has 0 saturated carbocycles. The number of benzene rings is 5. The molecule has 0 heterocycles. The topological polar surface area (TPSA) is 72.4 Å². The van der Waals surface area contributed by atoms with E-state index in [9.17, 15) is 4.79 Å². The molecule has 7 heteroatoms. The Balaban J connectivity index is 1.43. The summed E-state index contributed by atoms with van der Waals surface area (Å²) < 4.78 is 18.9. The number of amides is 1. The molecule has 0 aromatic heterocycles. The molecule has 0 fully saturated rings. The predicted octanol–water partition coefficient (Wildman–Crippen LogP) is 7.25. The fourth-order valence-corrected chi connectivity index (χ4v) is 4.35. The summed E-state index contributed by atoms with van der Waals surface area (Å²) in [5, 5.41) is 4.19. The monoisotopic (exact) mass is 585 g/mol. The van der Waals surface area contributed by atoms with Crippen LogP contribution in [-0.4, -0.2) is 26.2 Å². The van der Waals surface area contributed by atoms with E-state index in [4.69, 9.17) is 14.2 Å². The van der Waals surface area contributed by atoms with Gasteiger partial charge in [-0.3, -0.25) is 4.79 Å². The summed E-state index contributed by atoms with van der Waals surface area (Å²) in [5.41, 5.74) is 7.84. The van der Waals surface area contributed by atoms with Crippen LogP contribution in [0.4, 0.5) is 5.69 Å². The summed E-state index contributed by atoms with van der Waals surface area (Å²) >= 11 is 0. The highest BCUT2D eigenvalue weighted by atomic mass is 16.5. The van der Waals surface area contributed by atoms with Crippen molar-refractivity contribution in [2.45, 2.75) is 19.8 Å². The zero-order chi connectivity index (χ0) is 30.6. The largest absolute Gasteiger partial charge is 0.485 e. The second kappa shape index (κ2) is 15.1. The quantitative estimate of drug-likeness (QED) is 0.116. The number of ether oxygens (including phenoxy) is 3. The Morgan fingerprint density at radius 3 is 1.57 bits per heavy atom. The molecule has 44 heavy (non-hydrogen) atoms. The van der Waals surface area contributed by atoms with Crippen molar-refractivity contribution in [1.29, 1.82) is 0 Å². The number of nitrogens with zero attached hydrogens (tertiary/aromatic N) is 2. The number of nitrogens with one attached hydrogen (secondary N) is 1. The Morgan fingerprint density at radius 2 is 1.11 bits per heavy atom. The number of carbonyl (C=O) groups is 1. The smallest absolute Gasteiger partial charge is 0.271 e. The summed E-state index contributed by atoms with van der Waals surface area (Å²) in [4.78, 5) is 15.4. The van der Waals surface area contributed by atoms with Gasteiger partial charge in [0.1, 0.15) is 19.8 Å². The molecule has 0 radical (unpaired) electrons. The van der Waals surface area contributed by atoms with E-state index in [1.165, 1.54) is 0 Å². The molecule has 0 saturated heterocycles. The lowest BCUT2D eigenvalue weighted by Crippen LogP contribution is -2.18. The number of hydrogen-bond donors (Lipinski definition) is 1. The second-order valence-corrected chi connectivity index (χ2v) is 10.3. The van der Waals surface area contributed by atoms with Gasteiger partial charge in [0.25, 0.3) is 5.91 Å². The van der Waals surface area contributed by atoms with Crippen molar-refractivity contribution >= 4 is 17.8 Å². The Labute approximate surface area is 258 Å². The summed E-state index contributed by atoms with van der Waals surface area (Å²) in [6.07, 6.45) is 1.61. The third-order valence-electron chi connectivity index (χ3n) is 6.77. The zero-order valence-corrected chi connectivity index (χ0v) is 24.9. The molecule has 222 valence electrons. The van der Waals surface area contributed by atoms with Gasteiger partial charge >= 0.3 is 0 Å². The Kier molecular flexibility index (Phi) is 10.2. The minimum Gasteiger partial charge on any atom is -0.485 e. The number of hydrogen-bond acceptors (Lipinski definition) is 6. The van der Waals surface area contributed by atoms with Gasteiger partial charge in [0.15, 0.2) is 11.5 Å². The van der Waals surface area contributed by atoms with E-state index in [1.807, 2.05) is 134 Å². The highest BCUT2D eigenvalue weighted by Crippen LogP contribution is 2.40. The van der Waals surface area contributed by atoms with Crippen molar-refractivity contribution < 1.29 is 19.0 Å². The van der Waals surface area contributed by atoms with Gasteiger partial charge < -0.3 is 19.1 Å². The lowest BCUT2D eigenvalue weighted by Gasteiger charge is -2.19. The molecular weight excluding hydrogens is 550 g/mol. The maximum atomic E-state index is 13.3. The van der Waals surface area contributed by atoms with E-state index in [-0.39, 0.29) is 13.2 Å². The first-order valence-electron chi connectivity index (χ1n) is 14.3. The van der Waals surface area contributed by atoms with Crippen LogP contribution in [0.2, 0.25) is 0 Å². The number of hydrazone groups is 1. The molecule has 5 aromatic rings. The van der Waals surface area contributed by atoms with E-state index >= 15 is 0 Å². The van der Waals surface area contributed by atoms with Crippen LogP contribution in [0.15, 0.2) is 132 Å². The van der Waals surface area contributed by atoms with Crippen LogP contribution in [0.1, 0.15) is 32.6 Å². The molecule has 5 rings (SSSR count). The Bertz CT molecular complexity index is 1590. The molecule has 0 aliphatic rings. The van der Waals surface area contributed by atoms with Crippen LogP contribution in [0.5, 0.6) is 17.2 Å². The van der Waals surface area contributed by atoms with Crippen LogP contribution in [-0.2, 0) is 19.8 Å². The molecule has 7 nitrogen and oxygen atoms in total. The summed E-state index contributed by atoms with van der Waals surface area (Å²) in [5.74, 6) is 0.796. The van der Waals surface area contributed by atoms with Crippen LogP contribution in [0.25, 0.3) is 0 Å². The molecule has 0 unspecified atom stereocenters. The molecular formula is C37H35N3O4. The minimum atomic E-state index is -0.408. The van der Waals surface area contributed by atoms with Crippen LogP contribution < -0.4 is 24.5 Å². The molecule has 0 aliphatic carbocycles. The van der Waals surface area contributed by atoms with Gasteiger partial charge in [-0.15, -0.1) is 0 Å². The maximum absolute atomic E-state index is 13.3. The fourth-order valence-electron chi connectivity index (χ4n) is 4.35. The third-order valence-corrected chi connectivity index (χ3v) is 6.77. The standard InChI is InChI=1S/C37H35N3O4/c1-40(2)33-20-18-28(19-21-33)24-38-39-37(41)32-22-34(42-25-29-12-6-3-7-13-29)36(44-27-31-16-10-5-11-17-31)35(23-32)43-26-30-14-8-4-9-15-30/h3-24H,25-27H2,1-2H3,(H,39,41). The van der Waals surface area contributed by atoms with E-state index in [0.717, 1.165) is 27.9 Å². The van der Waals surface area contributed by atoms with Gasteiger partial charge in [0.2, 0.25) is 5.75 Å². The van der Waals surface area contributed by atoms with Crippen molar-refractivity contribution in [2.75, 3.05) is 19.0 Å². The Morgan fingerprint density at radius 1 is 0.659 bits per heavy atom.